The normalized spacial score (nSPS) is 17.6. The molecule has 1 aliphatic heterocycles. The Kier molecular flexibility index (Phi) is 6.20. The van der Waals surface area contributed by atoms with E-state index in [1.807, 2.05) is 29.4 Å². The number of nitrogens with zero attached hydrogens (tertiary/aromatic N) is 2. The molecule has 1 aromatic carbocycles. The number of likely N-dealkylation sites (tertiary alicyclic amines) is 1. The largest absolute Gasteiger partial charge is 0.342 e. The van der Waals surface area contributed by atoms with Crippen molar-refractivity contribution in [3.05, 3.63) is 53.6 Å². The first kappa shape index (κ1) is 17.6. The van der Waals surface area contributed by atoms with E-state index in [0.717, 1.165) is 50.8 Å². The van der Waals surface area contributed by atoms with Gasteiger partial charge in [-0.05, 0) is 67.7 Å². The van der Waals surface area contributed by atoms with Gasteiger partial charge in [-0.2, -0.15) is 5.10 Å². The lowest BCUT2D eigenvalue weighted by Gasteiger charge is -2.33. The van der Waals surface area contributed by atoms with Gasteiger partial charge in [-0.25, -0.2) is 4.39 Å². The summed E-state index contributed by atoms with van der Waals surface area (Å²) >= 11 is 0. The van der Waals surface area contributed by atoms with Crippen molar-refractivity contribution < 1.29 is 9.18 Å². The molecule has 1 fully saturated rings. The molecule has 0 saturated carbocycles. The maximum absolute atomic E-state index is 13.0. The van der Waals surface area contributed by atoms with Gasteiger partial charge in [-0.1, -0.05) is 12.1 Å². The second-order valence-electron chi connectivity index (χ2n) is 6.97. The van der Waals surface area contributed by atoms with Gasteiger partial charge in [0.15, 0.2) is 0 Å². The molecule has 2 aromatic rings. The number of halogens is 1. The van der Waals surface area contributed by atoms with Crippen LogP contribution >= 0.6 is 0 Å². The van der Waals surface area contributed by atoms with E-state index >= 15 is 0 Å². The standard InChI is InChI=1S/C20H26FN3O/c21-19-10-8-16(9-11-19)6-7-17-4-2-12-24(15-17)20(25)5-1-3-18-13-22-23-14-18/h8-11,13-14,17H,1-7,12,15H2,(H,22,23)/t17-/m1/s1. The highest BCUT2D eigenvalue weighted by Crippen LogP contribution is 2.22. The van der Waals surface area contributed by atoms with Gasteiger partial charge in [0.1, 0.15) is 5.82 Å². The minimum Gasteiger partial charge on any atom is -0.342 e. The maximum atomic E-state index is 13.0. The molecule has 4 nitrogen and oxygen atoms in total. The Bertz CT molecular complexity index is 654. The van der Waals surface area contributed by atoms with Gasteiger partial charge in [-0.3, -0.25) is 9.89 Å². The van der Waals surface area contributed by atoms with E-state index in [9.17, 15) is 9.18 Å². The quantitative estimate of drug-likeness (QED) is 0.832. The van der Waals surface area contributed by atoms with Crippen LogP contribution in [0.1, 0.15) is 43.2 Å². The summed E-state index contributed by atoms with van der Waals surface area (Å²) < 4.78 is 13.0. The number of hydrogen-bond acceptors (Lipinski definition) is 2. The van der Waals surface area contributed by atoms with Gasteiger partial charge in [0.2, 0.25) is 5.91 Å². The fraction of sp³-hybridized carbons (Fsp3) is 0.500. The second kappa shape index (κ2) is 8.79. The van der Waals surface area contributed by atoms with Crippen LogP contribution in [0.15, 0.2) is 36.7 Å². The number of hydrogen-bond donors (Lipinski definition) is 1. The molecule has 1 aliphatic rings. The second-order valence-corrected chi connectivity index (χ2v) is 6.97. The van der Waals surface area contributed by atoms with Gasteiger partial charge in [0, 0.05) is 25.7 Å². The number of aromatic amines is 1. The average Bonchev–Trinajstić information content (AvgIpc) is 3.15. The van der Waals surface area contributed by atoms with Crippen LogP contribution in [-0.4, -0.2) is 34.1 Å². The molecule has 1 N–H and O–H groups in total. The number of carbonyl (C=O) groups is 1. The van der Waals surface area contributed by atoms with Crippen LogP contribution < -0.4 is 0 Å². The Hall–Kier alpha value is -2.17. The molecule has 1 saturated heterocycles. The molecule has 0 aliphatic carbocycles. The summed E-state index contributed by atoms with van der Waals surface area (Å²) in [6, 6.07) is 6.76. The summed E-state index contributed by atoms with van der Waals surface area (Å²) in [6.07, 6.45) is 10.3. The van der Waals surface area contributed by atoms with Crippen molar-refractivity contribution in [3.63, 3.8) is 0 Å². The van der Waals surface area contributed by atoms with Gasteiger partial charge in [-0.15, -0.1) is 0 Å². The van der Waals surface area contributed by atoms with Crippen LogP contribution in [0.3, 0.4) is 0 Å². The lowest BCUT2D eigenvalue weighted by Crippen LogP contribution is -2.40. The molecule has 25 heavy (non-hydrogen) atoms. The van der Waals surface area contributed by atoms with Crippen molar-refractivity contribution >= 4 is 5.91 Å². The third-order valence-electron chi connectivity index (χ3n) is 5.04. The Morgan fingerprint density at radius 1 is 1.24 bits per heavy atom. The Labute approximate surface area is 148 Å². The number of aromatic nitrogens is 2. The lowest BCUT2D eigenvalue weighted by molar-refractivity contribution is -0.133. The lowest BCUT2D eigenvalue weighted by atomic mass is 9.91. The summed E-state index contributed by atoms with van der Waals surface area (Å²) in [5.74, 6) is 0.639. The van der Waals surface area contributed by atoms with E-state index in [1.54, 1.807) is 0 Å². The van der Waals surface area contributed by atoms with Crippen LogP contribution in [0.2, 0.25) is 0 Å². The monoisotopic (exact) mass is 343 g/mol. The Morgan fingerprint density at radius 2 is 2.08 bits per heavy atom. The zero-order chi connectivity index (χ0) is 17.5. The summed E-state index contributed by atoms with van der Waals surface area (Å²) in [6.45, 7) is 1.75. The third-order valence-corrected chi connectivity index (χ3v) is 5.04. The van der Waals surface area contributed by atoms with Gasteiger partial charge < -0.3 is 4.90 Å². The van der Waals surface area contributed by atoms with Gasteiger partial charge in [0.25, 0.3) is 0 Å². The SMILES string of the molecule is O=C(CCCc1cn[nH]c1)N1CCC[C@H](CCc2ccc(F)cc2)C1. The highest BCUT2D eigenvalue weighted by atomic mass is 19.1. The molecular formula is C20H26FN3O. The van der Waals surface area contributed by atoms with Crippen LogP contribution in [0.4, 0.5) is 4.39 Å². The molecule has 1 atom stereocenters. The number of piperidine rings is 1. The number of carbonyl (C=O) groups excluding carboxylic acids is 1. The predicted octanol–water partition coefficient (Wildman–Crippen LogP) is 3.74. The fourth-order valence-electron chi connectivity index (χ4n) is 3.57. The average molecular weight is 343 g/mol. The van der Waals surface area contributed by atoms with Crippen molar-refractivity contribution in [2.24, 2.45) is 5.92 Å². The van der Waals surface area contributed by atoms with Crippen LogP contribution in [0.5, 0.6) is 0 Å². The minimum absolute atomic E-state index is 0.186. The number of nitrogens with one attached hydrogen (secondary N) is 1. The minimum atomic E-state index is -0.186. The molecule has 5 heteroatoms. The molecule has 1 amide bonds. The molecule has 0 spiro atoms. The molecule has 134 valence electrons. The van der Waals surface area contributed by atoms with E-state index in [-0.39, 0.29) is 11.7 Å². The van der Waals surface area contributed by atoms with Crippen molar-refractivity contribution in [1.29, 1.82) is 0 Å². The molecule has 0 bridgehead atoms. The topological polar surface area (TPSA) is 49.0 Å². The number of H-pyrrole nitrogens is 1. The number of amides is 1. The summed E-state index contributed by atoms with van der Waals surface area (Å²) in [5.41, 5.74) is 2.33. The number of benzene rings is 1. The molecular weight excluding hydrogens is 317 g/mol. The van der Waals surface area contributed by atoms with Crippen molar-refractivity contribution in [3.8, 4) is 0 Å². The zero-order valence-corrected chi connectivity index (χ0v) is 14.6. The predicted molar refractivity (Wildman–Crippen MR) is 95.6 cm³/mol. The number of rotatable bonds is 7. The van der Waals surface area contributed by atoms with E-state index in [4.69, 9.17) is 0 Å². The Balaban J connectivity index is 1.40. The third kappa shape index (κ3) is 5.41. The van der Waals surface area contributed by atoms with Crippen LogP contribution in [0, 0.1) is 11.7 Å². The maximum Gasteiger partial charge on any atom is 0.222 e. The highest BCUT2D eigenvalue weighted by Gasteiger charge is 2.23. The molecule has 1 aromatic heterocycles. The van der Waals surface area contributed by atoms with E-state index in [2.05, 4.69) is 10.2 Å². The first-order valence-electron chi connectivity index (χ1n) is 9.20. The van der Waals surface area contributed by atoms with Gasteiger partial charge >= 0.3 is 0 Å². The summed E-state index contributed by atoms with van der Waals surface area (Å²) in [4.78, 5) is 14.5. The zero-order valence-electron chi connectivity index (χ0n) is 14.6. The molecule has 0 unspecified atom stereocenters. The number of aryl methyl sites for hydroxylation is 2. The Morgan fingerprint density at radius 3 is 2.84 bits per heavy atom. The van der Waals surface area contributed by atoms with E-state index < -0.39 is 0 Å². The van der Waals surface area contributed by atoms with E-state index in [0.29, 0.717) is 12.3 Å². The smallest absolute Gasteiger partial charge is 0.222 e. The van der Waals surface area contributed by atoms with Crippen molar-refractivity contribution in [1.82, 2.24) is 15.1 Å². The van der Waals surface area contributed by atoms with Crippen molar-refractivity contribution in [2.75, 3.05) is 13.1 Å². The summed E-state index contributed by atoms with van der Waals surface area (Å²) in [5, 5.41) is 6.73. The van der Waals surface area contributed by atoms with Gasteiger partial charge in [0.05, 0.1) is 6.20 Å². The molecule has 0 radical (unpaired) electrons. The van der Waals surface area contributed by atoms with E-state index in [1.165, 1.54) is 24.1 Å². The fourth-order valence-corrected chi connectivity index (χ4v) is 3.57. The van der Waals surface area contributed by atoms with Crippen LogP contribution in [0.25, 0.3) is 0 Å². The molecule has 2 heterocycles. The van der Waals surface area contributed by atoms with Crippen molar-refractivity contribution in [2.45, 2.75) is 44.9 Å². The molecule has 3 rings (SSSR count). The first-order valence-corrected chi connectivity index (χ1v) is 9.20. The highest BCUT2D eigenvalue weighted by molar-refractivity contribution is 5.76. The summed E-state index contributed by atoms with van der Waals surface area (Å²) in [7, 11) is 0. The van der Waals surface area contributed by atoms with Crippen LogP contribution in [-0.2, 0) is 17.6 Å². The first-order chi connectivity index (χ1) is 12.2.